The van der Waals surface area contributed by atoms with Crippen molar-refractivity contribution in [3.8, 4) is 0 Å². The van der Waals surface area contributed by atoms with E-state index in [1.54, 1.807) is 0 Å². The zero-order valence-corrected chi connectivity index (χ0v) is 11.7. The lowest BCUT2D eigenvalue weighted by Gasteiger charge is -2.12. The SMILES string of the molecule is CCOC(=O)/C=C/C1=CC(=C\C2=CCCC2)/CCC1. The standard InChI is InChI=1S/C17H22O2/c1-2-19-17(18)11-10-15-8-5-9-16(13-15)12-14-6-3-4-7-14/h6,10-13H,2-5,7-9H2,1H3/b11-10+,16-12-. The molecule has 0 aliphatic heterocycles. The lowest BCUT2D eigenvalue weighted by molar-refractivity contribution is -0.137. The van der Waals surface area contributed by atoms with E-state index in [0.717, 1.165) is 19.3 Å². The molecule has 0 heterocycles. The zero-order valence-electron chi connectivity index (χ0n) is 11.7. The molecule has 0 aromatic carbocycles. The molecule has 0 bridgehead atoms. The van der Waals surface area contributed by atoms with E-state index in [9.17, 15) is 4.79 Å². The van der Waals surface area contributed by atoms with Crippen LogP contribution in [0.1, 0.15) is 45.4 Å². The van der Waals surface area contributed by atoms with Crippen molar-refractivity contribution in [3.05, 3.63) is 47.1 Å². The van der Waals surface area contributed by atoms with Gasteiger partial charge in [-0.2, -0.15) is 0 Å². The van der Waals surface area contributed by atoms with Crippen LogP contribution in [0.25, 0.3) is 0 Å². The van der Waals surface area contributed by atoms with E-state index in [0.29, 0.717) is 6.61 Å². The molecule has 0 atom stereocenters. The molecule has 2 heteroatoms. The Hall–Kier alpha value is -1.57. The summed E-state index contributed by atoms with van der Waals surface area (Å²) in [6.07, 6.45) is 17.4. The Balaban J connectivity index is 2.00. The smallest absolute Gasteiger partial charge is 0.330 e. The molecule has 0 saturated carbocycles. The molecule has 0 amide bonds. The molecule has 2 nitrogen and oxygen atoms in total. The van der Waals surface area contributed by atoms with Gasteiger partial charge in [0.15, 0.2) is 0 Å². The van der Waals surface area contributed by atoms with Gasteiger partial charge in [-0.3, -0.25) is 0 Å². The third-order valence-corrected chi connectivity index (χ3v) is 3.47. The van der Waals surface area contributed by atoms with Gasteiger partial charge in [0.25, 0.3) is 0 Å². The van der Waals surface area contributed by atoms with E-state index in [4.69, 9.17) is 4.74 Å². The van der Waals surface area contributed by atoms with Crippen molar-refractivity contribution in [3.63, 3.8) is 0 Å². The summed E-state index contributed by atoms with van der Waals surface area (Å²) in [5.41, 5.74) is 4.09. The fraction of sp³-hybridized carbons (Fsp3) is 0.471. The number of ether oxygens (including phenoxy) is 1. The van der Waals surface area contributed by atoms with Crippen LogP contribution >= 0.6 is 0 Å². The Morgan fingerprint density at radius 2 is 2.11 bits per heavy atom. The number of rotatable bonds is 4. The Labute approximate surface area is 115 Å². The maximum absolute atomic E-state index is 11.3. The predicted molar refractivity (Wildman–Crippen MR) is 77.7 cm³/mol. The number of carbonyl (C=O) groups is 1. The largest absolute Gasteiger partial charge is 0.463 e. The summed E-state index contributed by atoms with van der Waals surface area (Å²) in [4.78, 5) is 11.3. The quantitative estimate of drug-likeness (QED) is 0.556. The second-order valence-corrected chi connectivity index (χ2v) is 5.05. The van der Waals surface area contributed by atoms with Crippen LogP contribution in [0.3, 0.4) is 0 Å². The molecule has 0 fully saturated rings. The molecule has 0 saturated heterocycles. The first-order valence-corrected chi connectivity index (χ1v) is 7.23. The summed E-state index contributed by atoms with van der Waals surface area (Å²) < 4.78 is 4.89. The second kappa shape index (κ2) is 7.13. The summed E-state index contributed by atoms with van der Waals surface area (Å²) >= 11 is 0. The molecule has 0 N–H and O–H groups in total. The Bertz CT molecular complexity index is 450. The van der Waals surface area contributed by atoms with E-state index in [2.05, 4.69) is 18.2 Å². The fourth-order valence-corrected chi connectivity index (χ4v) is 2.55. The van der Waals surface area contributed by atoms with Crippen LogP contribution in [0.4, 0.5) is 0 Å². The number of allylic oxidation sites excluding steroid dienone is 7. The van der Waals surface area contributed by atoms with Crippen LogP contribution in [0.5, 0.6) is 0 Å². The molecule has 0 spiro atoms. The van der Waals surface area contributed by atoms with Gasteiger partial charge in [-0.15, -0.1) is 0 Å². The average molecular weight is 258 g/mol. The van der Waals surface area contributed by atoms with Gasteiger partial charge < -0.3 is 4.74 Å². The monoisotopic (exact) mass is 258 g/mol. The van der Waals surface area contributed by atoms with Gasteiger partial charge in [-0.05, 0) is 56.6 Å². The number of hydrogen-bond acceptors (Lipinski definition) is 2. The van der Waals surface area contributed by atoms with Crippen LogP contribution in [0, 0.1) is 0 Å². The van der Waals surface area contributed by atoms with E-state index < -0.39 is 0 Å². The van der Waals surface area contributed by atoms with Crippen molar-refractivity contribution < 1.29 is 9.53 Å². The molecule has 2 aliphatic rings. The minimum Gasteiger partial charge on any atom is -0.463 e. The summed E-state index contributed by atoms with van der Waals surface area (Å²) in [5.74, 6) is -0.252. The average Bonchev–Trinajstić information content (AvgIpc) is 2.90. The van der Waals surface area contributed by atoms with Gasteiger partial charge in [-0.1, -0.05) is 29.9 Å². The van der Waals surface area contributed by atoms with Gasteiger partial charge in [0.2, 0.25) is 0 Å². The minimum absolute atomic E-state index is 0.252. The highest BCUT2D eigenvalue weighted by atomic mass is 16.5. The maximum atomic E-state index is 11.3. The number of esters is 1. The molecule has 2 aliphatic carbocycles. The van der Waals surface area contributed by atoms with Gasteiger partial charge in [0.05, 0.1) is 6.61 Å². The Kier molecular flexibility index (Phi) is 5.20. The van der Waals surface area contributed by atoms with Gasteiger partial charge in [0, 0.05) is 6.08 Å². The van der Waals surface area contributed by atoms with Crippen LogP contribution in [-0.2, 0) is 9.53 Å². The van der Waals surface area contributed by atoms with Crippen LogP contribution in [-0.4, -0.2) is 12.6 Å². The van der Waals surface area contributed by atoms with Crippen molar-refractivity contribution in [2.24, 2.45) is 0 Å². The summed E-state index contributed by atoms with van der Waals surface area (Å²) in [6, 6.07) is 0. The third-order valence-electron chi connectivity index (χ3n) is 3.47. The van der Waals surface area contributed by atoms with E-state index >= 15 is 0 Å². The molecule has 2 rings (SSSR count). The van der Waals surface area contributed by atoms with Gasteiger partial charge >= 0.3 is 5.97 Å². The molecule has 0 radical (unpaired) electrons. The summed E-state index contributed by atoms with van der Waals surface area (Å²) in [7, 11) is 0. The first-order valence-electron chi connectivity index (χ1n) is 7.23. The van der Waals surface area contributed by atoms with Crippen molar-refractivity contribution in [1.29, 1.82) is 0 Å². The second-order valence-electron chi connectivity index (χ2n) is 5.05. The number of hydrogen-bond donors (Lipinski definition) is 0. The van der Waals surface area contributed by atoms with Crippen molar-refractivity contribution in [1.82, 2.24) is 0 Å². The first kappa shape index (κ1) is 13.9. The highest BCUT2D eigenvalue weighted by Gasteiger charge is 2.08. The van der Waals surface area contributed by atoms with Crippen molar-refractivity contribution >= 4 is 5.97 Å². The van der Waals surface area contributed by atoms with Crippen molar-refractivity contribution in [2.75, 3.05) is 6.61 Å². The summed E-state index contributed by atoms with van der Waals surface area (Å²) in [6.45, 7) is 2.25. The molecular weight excluding hydrogens is 236 g/mol. The Morgan fingerprint density at radius 1 is 1.26 bits per heavy atom. The molecule has 19 heavy (non-hydrogen) atoms. The maximum Gasteiger partial charge on any atom is 0.330 e. The van der Waals surface area contributed by atoms with Crippen LogP contribution < -0.4 is 0 Å². The molecular formula is C17H22O2. The van der Waals surface area contributed by atoms with Crippen molar-refractivity contribution in [2.45, 2.75) is 45.4 Å². The van der Waals surface area contributed by atoms with E-state index in [-0.39, 0.29) is 5.97 Å². The highest BCUT2D eigenvalue weighted by Crippen LogP contribution is 2.27. The van der Waals surface area contributed by atoms with Gasteiger partial charge in [-0.25, -0.2) is 4.79 Å². The number of carbonyl (C=O) groups excluding carboxylic acids is 1. The molecule has 0 aromatic rings. The van der Waals surface area contributed by atoms with E-state index in [1.807, 2.05) is 13.0 Å². The third kappa shape index (κ3) is 4.55. The summed E-state index contributed by atoms with van der Waals surface area (Å²) in [5, 5.41) is 0. The molecule has 102 valence electrons. The zero-order chi connectivity index (χ0) is 13.5. The van der Waals surface area contributed by atoms with Crippen LogP contribution in [0.2, 0.25) is 0 Å². The Morgan fingerprint density at radius 3 is 2.84 bits per heavy atom. The van der Waals surface area contributed by atoms with Gasteiger partial charge in [0.1, 0.15) is 0 Å². The van der Waals surface area contributed by atoms with E-state index in [1.165, 1.54) is 42.1 Å². The first-order chi connectivity index (χ1) is 9.28. The topological polar surface area (TPSA) is 26.3 Å². The lowest BCUT2D eigenvalue weighted by Crippen LogP contribution is -2.00. The normalized spacial score (nSPS) is 21.6. The lowest BCUT2D eigenvalue weighted by atomic mass is 9.93. The minimum atomic E-state index is -0.252. The molecule has 0 aromatic heterocycles. The predicted octanol–water partition coefficient (Wildman–Crippen LogP) is 4.25. The fourth-order valence-electron chi connectivity index (χ4n) is 2.55. The molecule has 0 unspecified atom stereocenters. The highest BCUT2D eigenvalue weighted by molar-refractivity contribution is 5.82. The van der Waals surface area contributed by atoms with Crippen LogP contribution in [0.15, 0.2) is 47.1 Å².